The summed E-state index contributed by atoms with van der Waals surface area (Å²) in [6.07, 6.45) is 6.67. The highest BCUT2D eigenvalue weighted by Crippen LogP contribution is 2.27. The molecule has 2 aliphatic rings. The molecule has 9 heteroatoms. The Hall–Kier alpha value is -3.98. The fourth-order valence-electron chi connectivity index (χ4n) is 4.44. The molecule has 2 aliphatic heterocycles. The zero-order valence-electron chi connectivity index (χ0n) is 19.7. The van der Waals surface area contributed by atoms with Crippen molar-refractivity contribution in [3.05, 3.63) is 61.1 Å². The molecule has 2 saturated heterocycles. The predicted octanol–water partition coefficient (Wildman–Crippen LogP) is 3.84. The number of hydrogen-bond acceptors (Lipinski definition) is 6. The summed E-state index contributed by atoms with van der Waals surface area (Å²) in [5.74, 6) is 0.862. The van der Waals surface area contributed by atoms with Gasteiger partial charge in [0.15, 0.2) is 0 Å². The third-order valence-corrected chi connectivity index (χ3v) is 6.27. The number of urea groups is 1. The van der Waals surface area contributed by atoms with Crippen molar-refractivity contribution in [2.24, 2.45) is 0 Å². The average Bonchev–Trinajstić information content (AvgIpc) is 3.31. The van der Waals surface area contributed by atoms with Crippen LogP contribution in [0, 0.1) is 0 Å². The van der Waals surface area contributed by atoms with Gasteiger partial charge in [-0.25, -0.2) is 9.78 Å². The van der Waals surface area contributed by atoms with Crippen LogP contribution in [0.1, 0.15) is 19.8 Å². The number of carbonyl (C=O) groups excluding carboxylic acids is 2. The summed E-state index contributed by atoms with van der Waals surface area (Å²) in [4.78, 5) is 36.9. The van der Waals surface area contributed by atoms with E-state index < -0.39 is 0 Å². The summed E-state index contributed by atoms with van der Waals surface area (Å²) in [5.41, 5.74) is 4.32. The molecule has 9 nitrogen and oxygen atoms in total. The summed E-state index contributed by atoms with van der Waals surface area (Å²) in [7, 11) is 0. The molecule has 35 heavy (non-hydrogen) atoms. The topological polar surface area (TPSA) is 102 Å². The second-order valence-electron chi connectivity index (χ2n) is 8.95. The Bertz CT molecular complexity index is 1200. The fraction of sp³-hybridized carbons (Fsp3) is 0.308. The predicted molar refractivity (Wildman–Crippen MR) is 137 cm³/mol. The van der Waals surface area contributed by atoms with E-state index in [9.17, 15) is 9.59 Å². The Labute approximate surface area is 204 Å². The zero-order valence-corrected chi connectivity index (χ0v) is 19.7. The van der Waals surface area contributed by atoms with Crippen LogP contribution in [0.15, 0.2) is 61.1 Å². The second-order valence-corrected chi connectivity index (χ2v) is 8.95. The Kier molecular flexibility index (Phi) is 6.58. The van der Waals surface area contributed by atoms with E-state index in [0.29, 0.717) is 31.0 Å². The van der Waals surface area contributed by atoms with Gasteiger partial charge >= 0.3 is 6.03 Å². The molecule has 180 valence electrons. The third-order valence-electron chi connectivity index (χ3n) is 6.27. The molecule has 0 spiro atoms. The molecular weight excluding hydrogens is 442 g/mol. The quantitative estimate of drug-likeness (QED) is 0.523. The molecule has 2 aromatic heterocycles. The Morgan fingerprint density at radius 3 is 2.54 bits per heavy atom. The molecule has 3 aromatic rings. The molecule has 3 amide bonds. The fourth-order valence-corrected chi connectivity index (χ4v) is 4.44. The van der Waals surface area contributed by atoms with E-state index >= 15 is 0 Å². The van der Waals surface area contributed by atoms with Crippen molar-refractivity contribution in [1.29, 1.82) is 0 Å². The molecule has 3 N–H and O–H groups in total. The number of rotatable bonds is 5. The largest absolute Gasteiger partial charge is 0.339 e. The van der Waals surface area contributed by atoms with E-state index in [1.807, 2.05) is 53.6 Å². The smallest absolute Gasteiger partial charge is 0.321 e. The van der Waals surface area contributed by atoms with E-state index in [4.69, 9.17) is 0 Å². The Balaban J connectivity index is 1.21. The molecule has 0 aliphatic carbocycles. The van der Waals surface area contributed by atoms with Crippen LogP contribution in [0.3, 0.4) is 0 Å². The lowest BCUT2D eigenvalue weighted by Crippen LogP contribution is -2.52. The van der Waals surface area contributed by atoms with Gasteiger partial charge in [0.2, 0.25) is 5.91 Å². The first kappa shape index (κ1) is 22.8. The van der Waals surface area contributed by atoms with Gasteiger partial charge in [-0.15, -0.1) is 0 Å². The first-order chi connectivity index (χ1) is 17.0. The Morgan fingerprint density at radius 2 is 1.83 bits per heavy atom. The average molecular weight is 472 g/mol. The van der Waals surface area contributed by atoms with Crippen LogP contribution in [0.4, 0.5) is 27.7 Å². The standard InChI is InChI=1S/C26H29N7O2/c1-18-17-32(12-10-28-18)26(35)31-22-13-21(15-27-16-22)30-24-9-6-20(14-29-24)19-4-7-23(8-5-19)33-11-2-3-25(33)34/h4-9,13-16,18,28H,2-3,10-12,17H2,1H3,(H,29,30)(H,31,35). The van der Waals surface area contributed by atoms with Crippen molar-refractivity contribution < 1.29 is 9.59 Å². The van der Waals surface area contributed by atoms with Crippen LogP contribution >= 0.6 is 0 Å². The molecule has 0 radical (unpaired) electrons. The summed E-state index contributed by atoms with van der Waals surface area (Å²) in [5, 5.41) is 9.50. The molecular formula is C26H29N7O2. The Morgan fingerprint density at radius 1 is 1.03 bits per heavy atom. The minimum absolute atomic E-state index is 0.125. The number of nitrogens with one attached hydrogen (secondary N) is 3. The lowest BCUT2D eigenvalue weighted by Gasteiger charge is -2.31. The highest BCUT2D eigenvalue weighted by Gasteiger charge is 2.22. The first-order valence-electron chi connectivity index (χ1n) is 11.9. The van der Waals surface area contributed by atoms with Gasteiger partial charge in [0.1, 0.15) is 5.82 Å². The third kappa shape index (κ3) is 5.41. The van der Waals surface area contributed by atoms with E-state index in [1.165, 1.54) is 0 Å². The van der Waals surface area contributed by atoms with Gasteiger partial charge in [0.05, 0.1) is 23.8 Å². The number of pyridine rings is 2. The van der Waals surface area contributed by atoms with Crippen molar-refractivity contribution in [3.63, 3.8) is 0 Å². The number of amides is 3. The summed E-state index contributed by atoms with van der Waals surface area (Å²) < 4.78 is 0. The van der Waals surface area contributed by atoms with Crippen LogP contribution < -0.4 is 20.9 Å². The first-order valence-corrected chi connectivity index (χ1v) is 11.9. The number of aromatic nitrogens is 2. The van der Waals surface area contributed by atoms with E-state index in [1.54, 1.807) is 17.3 Å². The van der Waals surface area contributed by atoms with Crippen molar-refractivity contribution >= 4 is 34.8 Å². The van der Waals surface area contributed by atoms with E-state index in [0.717, 1.165) is 42.0 Å². The number of benzene rings is 1. The summed E-state index contributed by atoms with van der Waals surface area (Å²) >= 11 is 0. The van der Waals surface area contributed by atoms with Crippen molar-refractivity contribution in [1.82, 2.24) is 20.2 Å². The van der Waals surface area contributed by atoms with Crippen LogP contribution in [0.2, 0.25) is 0 Å². The molecule has 4 heterocycles. The molecule has 1 unspecified atom stereocenters. The van der Waals surface area contributed by atoms with Gasteiger partial charge < -0.3 is 25.8 Å². The monoisotopic (exact) mass is 471 g/mol. The minimum atomic E-state index is -0.125. The maximum Gasteiger partial charge on any atom is 0.321 e. The molecule has 1 aromatic carbocycles. The normalized spacial score (nSPS) is 18.0. The van der Waals surface area contributed by atoms with Gasteiger partial charge in [0, 0.05) is 56.1 Å². The molecule has 5 rings (SSSR count). The van der Waals surface area contributed by atoms with Crippen molar-refractivity contribution in [2.45, 2.75) is 25.8 Å². The van der Waals surface area contributed by atoms with Gasteiger partial charge in [-0.05, 0) is 49.2 Å². The SMILES string of the molecule is CC1CN(C(=O)Nc2cncc(Nc3ccc(-c4ccc(N5CCCC5=O)cc4)cn3)c2)CCN1. The summed E-state index contributed by atoms with van der Waals surface area (Å²) in [6.45, 7) is 4.99. The molecule has 0 bridgehead atoms. The number of nitrogens with zero attached hydrogens (tertiary/aromatic N) is 4. The number of hydrogen-bond donors (Lipinski definition) is 3. The van der Waals surface area contributed by atoms with Crippen LogP contribution in [0.25, 0.3) is 11.1 Å². The zero-order chi connectivity index (χ0) is 24.2. The number of anilines is 4. The van der Waals surface area contributed by atoms with Crippen LogP contribution in [0.5, 0.6) is 0 Å². The van der Waals surface area contributed by atoms with Gasteiger partial charge in [0.25, 0.3) is 0 Å². The minimum Gasteiger partial charge on any atom is -0.339 e. The summed E-state index contributed by atoms with van der Waals surface area (Å²) in [6, 6.07) is 13.9. The van der Waals surface area contributed by atoms with E-state index in [2.05, 4.69) is 32.8 Å². The number of carbonyl (C=O) groups is 2. The van der Waals surface area contributed by atoms with Gasteiger partial charge in [-0.1, -0.05) is 12.1 Å². The molecule has 2 fully saturated rings. The highest BCUT2D eigenvalue weighted by atomic mass is 16.2. The van der Waals surface area contributed by atoms with Crippen molar-refractivity contribution in [3.8, 4) is 11.1 Å². The van der Waals surface area contributed by atoms with Crippen LogP contribution in [-0.2, 0) is 4.79 Å². The second kappa shape index (κ2) is 10.1. The van der Waals surface area contributed by atoms with E-state index in [-0.39, 0.29) is 18.0 Å². The highest BCUT2D eigenvalue weighted by molar-refractivity contribution is 5.95. The van der Waals surface area contributed by atoms with Gasteiger partial charge in [-0.2, -0.15) is 0 Å². The molecule has 0 saturated carbocycles. The van der Waals surface area contributed by atoms with Crippen molar-refractivity contribution in [2.75, 3.05) is 41.7 Å². The maximum absolute atomic E-state index is 12.6. The van der Waals surface area contributed by atoms with Gasteiger partial charge in [-0.3, -0.25) is 9.78 Å². The number of piperazine rings is 1. The van der Waals surface area contributed by atoms with Crippen LogP contribution in [-0.4, -0.2) is 59.0 Å². The molecule has 1 atom stereocenters. The maximum atomic E-state index is 12.6. The lowest BCUT2D eigenvalue weighted by molar-refractivity contribution is -0.117. The lowest BCUT2D eigenvalue weighted by atomic mass is 10.1.